The first-order valence-electron chi connectivity index (χ1n) is 23.5. The van der Waals surface area contributed by atoms with Crippen molar-refractivity contribution in [3.05, 3.63) is 266 Å². The summed E-state index contributed by atoms with van der Waals surface area (Å²) in [5, 5.41) is 7.67. The molecule has 0 bridgehead atoms. The number of para-hydroxylation sites is 1. The number of hydrogen-bond donors (Lipinski definition) is 0. The molecule has 0 saturated heterocycles. The van der Waals surface area contributed by atoms with Crippen molar-refractivity contribution >= 4 is 50.6 Å². The highest BCUT2D eigenvalue weighted by molar-refractivity contribution is 7.19. The highest BCUT2D eigenvalue weighted by Crippen LogP contribution is 2.40. The molecular formula is C64H46N4Si. The number of benzene rings is 10. The van der Waals surface area contributed by atoms with Crippen LogP contribution in [0.3, 0.4) is 0 Å². The Morgan fingerprint density at radius 3 is 1.38 bits per heavy atom. The number of aryl methyl sites for hydroxylation is 1. The van der Waals surface area contributed by atoms with Gasteiger partial charge in [0.2, 0.25) is 0 Å². The summed E-state index contributed by atoms with van der Waals surface area (Å²) in [4.78, 5) is 15.9. The first-order valence-corrected chi connectivity index (χ1v) is 25.5. The van der Waals surface area contributed by atoms with Gasteiger partial charge in [0.15, 0.2) is 25.5 Å². The van der Waals surface area contributed by atoms with Crippen molar-refractivity contribution in [3.63, 3.8) is 0 Å². The molecule has 0 aliphatic heterocycles. The van der Waals surface area contributed by atoms with E-state index >= 15 is 0 Å². The Balaban J connectivity index is 1.13. The topological polar surface area (TPSA) is 43.6 Å². The second kappa shape index (κ2) is 17.8. The SMILES string of the molecule is Cc1ccccc1-c1ccc2c(c1)c1ccccc1n2-c1ccc(-c2cccc([Si](c3ccccc3)(c3ccccc3)c3ccccc3)c2)cc1-c1nc(-c2ccccc2)nc(-c2ccccc2)n1. The Morgan fingerprint density at radius 2 is 0.768 bits per heavy atom. The molecule has 0 N–H and O–H groups in total. The summed E-state index contributed by atoms with van der Waals surface area (Å²) in [7, 11) is -2.82. The molecule has 326 valence electrons. The fourth-order valence-corrected chi connectivity index (χ4v) is 15.1. The molecule has 5 heteroatoms. The lowest BCUT2D eigenvalue weighted by Crippen LogP contribution is -2.74. The fraction of sp³-hybridized carbons (Fsp3) is 0.0156. The first-order chi connectivity index (χ1) is 34.1. The van der Waals surface area contributed by atoms with Crippen LogP contribution in [0.2, 0.25) is 0 Å². The fourth-order valence-electron chi connectivity index (χ4n) is 10.3. The number of nitrogens with zero attached hydrogens (tertiary/aromatic N) is 4. The van der Waals surface area contributed by atoms with Gasteiger partial charge in [0.25, 0.3) is 0 Å². The minimum absolute atomic E-state index is 0.597. The highest BCUT2D eigenvalue weighted by Gasteiger charge is 2.41. The molecule has 0 saturated carbocycles. The molecule has 0 spiro atoms. The number of hydrogen-bond acceptors (Lipinski definition) is 3. The summed E-state index contributed by atoms with van der Waals surface area (Å²) < 4.78 is 2.40. The Hall–Kier alpha value is -8.77. The zero-order chi connectivity index (χ0) is 46.2. The van der Waals surface area contributed by atoms with Crippen molar-refractivity contribution < 1.29 is 0 Å². The second-order valence-electron chi connectivity index (χ2n) is 17.6. The number of rotatable bonds is 10. The van der Waals surface area contributed by atoms with Gasteiger partial charge in [-0.1, -0.05) is 231 Å². The molecule has 4 nitrogen and oxygen atoms in total. The van der Waals surface area contributed by atoms with Crippen LogP contribution in [0.25, 0.3) is 83.9 Å². The lowest BCUT2D eigenvalue weighted by molar-refractivity contribution is 1.06. The van der Waals surface area contributed by atoms with Gasteiger partial charge in [-0.25, -0.2) is 15.0 Å². The van der Waals surface area contributed by atoms with Crippen LogP contribution in [0.1, 0.15) is 5.56 Å². The third-order valence-electron chi connectivity index (χ3n) is 13.6. The van der Waals surface area contributed by atoms with Crippen molar-refractivity contribution in [2.75, 3.05) is 0 Å². The van der Waals surface area contributed by atoms with E-state index in [-0.39, 0.29) is 0 Å². The van der Waals surface area contributed by atoms with E-state index in [4.69, 9.17) is 15.0 Å². The maximum absolute atomic E-state index is 5.38. The van der Waals surface area contributed by atoms with Crippen LogP contribution in [-0.2, 0) is 0 Å². The molecule has 69 heavy (non-hydrogen) atoms. The van der Waals surface area contributed by atoms with E-state index in [1.807, 2.05) is 36.4 Å². The number of fused-ring (bicyclic) bond motifs is 3. The highest BCUT2D eigenvalue weighted by atomic mass is 28.3. The van der Waals surface area contributed by atoms with Crippen LogP contribution < -0.4 is 20.7 Å². The Kier molecular flexibility index (Phi) is 10.7. The van der Waals surface area contributed by atoms with Crippen LogP contribution in [-0.4, -0.2) is 27.6 Å². The lowest BCUT2D eigenvalue weighted by atomic mass is 9.99. The van der Waals surface area contributed by atoms with E-state index < -0.39 is 8.07 Å². The smallest absolute Gasteiger partial charge is 0.179 e. The standard InChI is InChI=1S/C64H46N4Si/c1-45-22-17-18-35-55(45)50-39-41-60-57(44-50)56-36-19-20-37-59(56)68(60)61-40-38-49(43-58(61)64-66-62(46-23-7-2-8-24-46)65-63(67-64)47-25-9-3-10-26-47)48-27-21-34-54(42-48)69(51-28-11-4-12-29-51,52-30-13-5-14-31-52)53-32-15-6-16-33-53/h2-44H,1H3. The van der Waals surface area contributed by atoms with Crippen LogP contribution in [0, 0.1) is 6.92 Å². The molecule has 2 aromatic heterocycles. The molecule has 2 heterocycles. The summed E-state index contributed by atoms with van der Waals surface area (Å²) in [5.41, 5.74) is 11.8. The number of aromatic nitrogens is 4. The van der Waals surface area contributed by atoms with Gasteiger partial charge in [-0.3, -0.25) is 0 Å². The summed E-state index contributed by atoms with van der Waals surface area (Å²) in [5.74, 6) is 1.83. The molecule has 10 aromatic carbocycles. The molecule has 12 aromatic rings. The molecule has 0 aliphatic rings. The molecule has 0 unspecified atom stereocenters. The largest absolute Gasteiger partial charge is 0.309 e. The van der Waals surface area contributed by atoms with Gasteiger partial charge in [-0.2, -0.15) is 0 Å². The van der Waals surface area contributed by atoms with Crippen molar-refractivity contribution in [3.8, 4) is 62.1 Å². The van der Waals surface area contributed by atoms with Gasteiger partial charge >= 0.3 is 0 Å². The molecule has 0 fully saturated rings. The monoisotopic (exact) mass is 898 g/mol. The average molecular weight is 899 g/mol. The van der Waals surface area contributed by atoms with Gasteiger partial charge in [0, 0.05) is 27.5 Å². The molecule has 0 aliphatic carbocycles. The van der Waals surface area contributed by atoms with E-state index in [0.717, 1.165) is 44.5 Å². The van der Waals surface area contributed by atoms with Gasteiger partial charge in [-0.05, 0) is 85.8 Å². The summed E-state index contributed by atoms with van der Waals surface area (Å²) >= 11 is 0. The predicted octanol–water partition coefficient (Wildman–Crippen LogP) is 13.0. The van der Waals surface area contributed by atoms with Crippen molar-refractivity contribution in [1.82, 2.24) is 19.5 Å². The van der Waals surface area contributed by atoms with E-state index in [9.17, 15) is 0 Å². The van der Waals surface area contributed by atoms with E-state index in [2.05, 4.69) is 236 Å². The first kappa shape index (κ1) is 41.6. The maximum Gasteiger partial charge on any atom is 0.179 e. The van der Waals surface area contributed by atoms with Gasteiger partial charge < -0.3 is 4.57 Å². The van der Waals surface area contributed by atoms with Crippen molar-refractivity contribution in [1.29, 1.82) is 0 Å². The third-order valence-corrected chi connectivity index (χ3v) is 18.3. The van der Waals surface area contributed by atoms with E-state index in [1.165, 1.54) is 48.2 Å². The average Bonchev–Trinajstić information content (AvgIpc) is 3.76. The zero-order valence-corrected chi connectivity index (χ0v) is 39.1. The summed E-state index contributed by atoms with van der Waals surface area (Å²) in [6.45, 7) is 2.18. The predicted molar refractivity (Wildman–Crippen MR) is 290 cm³/mol. The molecule has 12 rings (SSSR count). The van der Waals surface area contributed by atoms with Gasteiger partial charge in [0.05, 0.1) is 16.7 Å². The maximum atomic E-state index is 5.38. The Bertz CT molecular complexity index is 3620. The second-order valence-corrected chi connectivity index (χ2v) is 21.4. The lowest BCUT2D eigenvalue weighted by Gasteiger charge is -2.34. The van der Waals surface area contributed by atoms with Gasteiger partial charge in [-0.15, -0.1) is 0 Å². The summed E-state index contributed by atoms with van der Waals surface area (Å²) in [6.07, 6.45) is 0. The van der Waals surface area contributed by atoms with Crippen molar-refractivity contribution in [2.24, 2.45) is 0 Å². The van der Waals surface area contributed by atoms with E-state index in [1.54, 1.807) is 0 Å². The zero-order valence-electron chi connectivity index (χ0n) is 38.1. The van der Waals surface area contributed by atoms with Crippen molar-refractivity contribution in [2.45, 2.75) is 6.92 Å². The molecule has 0 radical (unpaired) electrons. The molecule has 0 atom stereocenters. The van der Waals surface area contributed by atoms with Crippen LogP contribution in [0.15, 0.2) is 261 Å². The quantitative estimate of drug-likeness (QED) is 0.101. The normalized spacial score (nSPS) is 11.6. The Morgan fingerprint density at radius 1 is 0.304 bits per heavy atom. The van der Waals surface area contributed by atoms with Gasteiger partial charge in [0.1, 0.15) is 0 Å². The van der Waals surface area contributed by atoms with Crippen LogP contribution >= 0.6 is 0 Å². The summed E-state index contributed by atoms with van der Waals surface area (Å²) in [6, 6.07) is 94.1. The minimum atomic E-state index is -2.82. The van der Waals surface area contributed by atoms with Crippen LogP contribution in [0.4, 0.5) is 0 Å². The third kappa shape index (κ3) is 7.46. The molecular weight excluding hydrogens is 853 g/mol. The van der Waals surface area contributed by atoms with E-state index in [0.29, 0.717) is 17.5 Å². The van der Waals surface area contributed by atoms with Crippen LogP contribution in [0.5, 0.6) is 0 Å². The molecule has 0 amide bonds. The Labute approximate surface area is 403 Å². The minimum Gasteiger partial charge on any atom is -0.309 e.